The second-order valence-corrected chi connectivity index (χ2v) is 4.98. The number of rotatable bonds is 4. The summed E-state index contributed by atoms with van der Waals surface area (Å²) in [6, 6.07) is 0.728. The fraction of sp³-hybridized carbons (Fsp3) is 0.909. The summed E-state index contributed by atoms with van der Waals surface area (Å²) in [6.45, 7) is 4.61. The van der Waals surface area contributed by atoms with Crippen molar-refractivity contribution in [3.8, 4) is 0 Å². The van der Waals surface area contributed by atoms with Gasteiger partial charge in [-0.25, -0.2) is 0 Å². The maximum absolute atomic E-state index is 11.5. The van der Waals surface area contributed by atoms with E-state index in [1.165, 1.54) is 0 Å². The average molecular weight is 248 g/mol. The number of carbonyl (C=O) groups is 1. The molecule has 0 bridgehead atoms. The molecule has 0 aromatic heterocycles. The van der Waals surface area contributed by atoms with Crippen LogP contribution in [0, 0.1) is 5.92 Å². The molecule has 0 aromatic rings. The molecule has 2 atom stereocenters. The fourth-order valence-corrected chi connectivity index (χ4v) is 2.14. The van der Waals surface area contributed by atoms with Crippen LogP contribution in [0.2, 0.25) is 0 Å². The topological polar surface area (TPSA) is 58.4 Å². The van der Waals surface area contributed by atoms with E-state index >= 15 is 0 Å². The highest BCUT2D eigenvalue weighted by Crippen LogP contribution is 2.20. The second kappa shape index (κ2) is 5.84. The molecule has 2 aliphatic rings. The molecule has 0 radical (unpaired) electrons. The summed E-state index contributed by atoms with van der Waals surface area (Å²) in [5, 5.41) is 3.01. The van der Waals surface area contributed by atoms with Gasteiger partial charge in [-0.1, -0.05) is 0 Å². The van der Waals surface area contributed by atoms with Crippen LogP contribution in [0.4, 0.5) is 0 Å². The van der Waals surface area contributed by atoms with Crippen molar-refractivity contribution in [3.05, 3.63) is 0 Å². The lowest BCUT2D eigenvalue weighted by Gasteiger charge is -2.17. The summed E-state index contributed by atoms with van der Waals surface area (Å²) < 4.78 is 0. The Labute approximate surface area is 103 Å². The monoisotopic (exact) mass is 247 g/mol. The third-order valence-electron chi connectivity index (χ3n) is 3.36. The Bertz CT molecular complexity index is 243. The van der Waals surface area contributed by atoms with Crippen LogP contribution in [0.1, 0.15) is 26.2 Å². The third-order valence-corrected chi connectivity index (χ3v) is 3.36. The first-order valence-corrected chi connectivity index (χ1v) is 5.92. The minimum atomic E-state index is 0. The molecular formula is C11H22ClN3O. The smallest absolute Gasteiger partial charge is 0.234 e. The van der Waals surface area contributed by atoms with Crippen molar-refractivity contribution in [1.82, 2.24) is 10.2 Å². The average Bonchev–Trinajstić information content (AvgIpc) is 2.82. The fourth-order valence-electron chi connectivity index (χ4n) is 2.14. The molecule has 3 N–H and O–H groups in total. The van der Waals surface area contributed by atoms with Gasteiger partial charge >= 0.3 is 0 Å². The summed E-state index contributed by atoms with van der Waals surface area (Å²) in [5.74, 6) is 0.751. The van der Waals surface area contributed by atoms with E-state index in [-0.39, 0.29) is 24.4 Å². The van der Waals surface area contributed by atoms with Crippen molar-refractivity contribution in [2.75, 3.05) is 19.6 Å². The first-order chi connectivity index (χ1) is 7.15. The van der Waals surface area contributed by atoms with E-state index in [0.717, 1.165) is 32.4 Å². The van der Waals surface area contributed by atoms with Gasteiger partial charge in [0.25, 0.3) is 0 Å². The van der Waals surface area contributed by atoms with Crippen LogP contribution in [0.25, 0.3) is 0 Å². The molecule has 1 saturated heterocycles. The number of nitrogens with two attached hydrogens (primary N) is 1. The molecule has 5 heteroatoms. The van der Waals surface area contributed by atoms with E-state index in [1.807, 2.05) is 0 Å². The zero-order chi connectivity index (χ0) is 10.8. The molecule has 4 nitrogen and oxygen atoms in total. The van der Waals surface area contributed by atoms with Crippen molar-refractivity contribution in [2.24, 2.45) is 11.7 Å². The zero-order valence-electron chi connectivity index (χ0n) is 9.82. The van der Waals surface area contributed by atoms with Gasteiger partial charge < -0.3 is 11.1 Å². The summed E-state index contributed by atoms with van der Waals surface area (Å²) in [7, 11) is 0. The maximum Gasteiger partial charge on any atom is 0.234 e. The van der Waals surface area contributed by atoms with Crippen molar-refractivity contribution < 1.29 is 4.79 Å². The molecule has 0 aromatic carbocycles. The number of hydrogen-bond donors (Lipinski definition) is 2. The lowest BCUT2D eigenvalue weighted by atomic mass is 10.0. The first kappa shape index (κ1) is 13.7. The van der Waals surface area contributed by atoms with E-state index in [4.69, 9.17) is 5.73 Å². The van der Waals surface area contributed by atoms with E-state index < -0.39 is 0 Å². The summed E-state index contributed by atoms with van der Waals surface area (Å²) >= 11 is 0. The van der Waals surface area contributed by atoms with Crippen molar-refractivity contribution >= 4 is 18.3 Å². The molecule has 1 aliphatic heterocycles. The standard InChI is InChI=1S/C11H21N3O.ClH/c1-8(12)9-4-5-14(6-9)7-11(15)13-10-2-3-10;/h8-10H,2-7,12H2,1H3,(H,13,15);1H. The van der Waals surface area contributed by atoms with Gasteiger partial charge in [-0.05, 0) is 38.6 Å². The Balaban J connectivity index is 0.00000128. The van der Waals surface area contributed by atoms with Gasteiger partial charge in [0.1, 0.15) is 0 Å². The van der Waals surface area contributed by atoms with Crippen LogP contribution < -0.4 is 11.1 Å². The number of nitrogens with one attached hydrogen (secondary N) is 1. The van der Waals surface area contributed by atoms with Gasteiger partial charge in [0.05, 0.1) is 6.54 Å². The molecule has 2 unspecified atom stereocenters. The van der Waals surface area contributed by atoms with Crippen LogP contribution in [0.3, 0.4) is 0 Å². The van der Waals surface area contributed by atoms with Crippen LogP contribution in [-0.2, 0) is 4.79 Å². The van der Waals surface area contributed by atoms with E-state index in [0.29, 0.717) is 18.5 Å². The number of halogens is 1. The number of amides is 1. The lowest BCUT2D eigenvalue weighted by Crippen LogP contribution is -2.38. The highest BCUT2D eigenvalue weighted by atomic mass is 35.5. The molecule has 2 fully saturated rings. The van der Waals surface area contributed by atoms with Crippen LogP contribution in [-0.4, -0.2) is 42.5 Å². The molecular weight excluding hydrogens is 226 g/mol. The SMILES string of the molecule is CC(N)C1CCN(CC(=O)NC2CC2)C1.Cl. The van der Waals surface area contributed by atoms with Crippen molar-refractivity contribution in [3.63, 3.8) is 0 Å². The quantitative estimate of drug-likeness (QED) is 0.754. The number of likely N-dealkylation sites (tertiary alicyclic amines) is 1. The molecule has 0 spiro atoms. The number of carbonyl (C=O) groups excluding carboxylic acids is 1. The Morgan fingerprint density at radius 1 is 1.50 bits per heavy atom. The molecule has 1 saturated carbocycles. The molecule has 1 heterocycles. The van der Waals surface area contributed by atoms with Crippen LogP contribution in [0.15, 0.2) is 0 Å². The molecule has 1 amide bonds. The zero-order valence-corrected chi connectivity index (χ0v) is 10.6. The van der Waals surface area contributed by atoms with Gasteiger partial charge in [-0.3, -0.25) is 9.69 Å². The Kier molecular flexibility index (Phi) is 5.02. The Hall–Kier alpha value is -0.320. The number of hydrogen-bond acceptors (Lipinski definition) is 3. The molecule has 2 rings (SSSR count). The largest absolute Gasteiger partial charge is 0.352 e. The summed E-state index contributed by atoms with van der Waals surface area (Å²) in [4.78, 5) is 13.8. The highest BCUT2D eigenvalue weighted by molar-refractivity contribution is 5.85. The van der Waals surface area contributed by atoms with Gasteiger partial charge in [0.15, 0.2) is 0 Å². The molecule has 1 aliphatic carbocycles. The van der Waals surface area contributed by atoms with Gasteiger partial charge in [-0.15, -0.1) is 12.4 Å². The third kappa shape index (κ3) is 3.92. The van der Waals surface area contributed by atoms with Gasteiger partial charge in [0, 0.05) is 18.6 Å². The van der Waals surface area contributed by atoms with E-state index in [1.54, 1.807) is 0 Å². The summed E-state index contributed by atoms with van der Waals surface area (Å²) in [6.07, 6.45) is 3.46. The predicted molar refractivity (Wildman–Crippen MR) is 66.6 cm³/mol. The van der Waals surface area contributed by atoms with E-state index in [9.17, 15) is 4.79 Å². The molecule has 94 valence electrons. The minimum absolute atomic E-state index is 0. The Morgan fingerprint density at radius 2 is 2.19 bits per heavy atom. The number of nitrogens with zero attached hydrogens (tertiary/aromatic N) is 1. The van der Waals surface area contributed by atoms with E-state index in [2.05, 4.69) is 17.1 Å². The predicted octanol–water partition coefficient (Wildman–Crippen LogP) is 0.356. The lowest BCUT2D eigenvalue weighted by molar-refractivity contribution is -0.122. The van der Waals surface area contributed by atoms with Gasteiger partial charge in [0.2, 0.25) is 5.91 Å². The first-order valence-electron chi connectivity index (χ1n) is 5.92. The van der Waals surface area contributed by atoms with Crippen LogP contribution in [0.5, 0.6) is 0 Å². The second-order valence-electron chi connectivity index (χ2n) is 4.98. The minimum Gasteiger partial charge on any atom is -0.352 e. The highest BCUT2D eigenvalue weighted by Gasteiger charge is 2.28. The maximum atomic E-state index is 11.5. The Morgan fingerprint density at radius 3 is 2.69 bits per heavy atom. The van der Waals surface area contributed by atoms with Crippen molar-refractivity contribution in [1.29, 1.82) is 0 Å². The van der Waals surface area contributed by atoms with Gasteiger partial charge in [-0.2, -0.15) is 0 Å². The normalized spacial score (nSPS) is 27.2. The molecule has 16 heavy (non-hydrogen) atoms. The summed E-state index contributed by atoms with van der Waals surface area (Å²) in [5.41, 5.74) is 5.85. The van der Waals surface area contributed by atoms with Crippen LogP contribution >= 0.6 is 12.4 Å². The van der Waals surface area contributed by atoms with Crippen molar-refractivity contribution in [2.45, 2.75) is 38.3 Å².